The zero-order chi connectivity index (χ0) is 21.2. The SMILES string of the molecule is CC(C)OC(=O)OC(C)(C)OC(=O)[C@@H]1N2C(=O)C(Br)(Br)[C@H]2S(=O)(=O)C1(C)C. The number of hydrogen-bond acceptors (Lipinski definition) is 8. The molecule has 0 aliphatic carbocycles. The summed E-state index contributed by atoms with van der Waals surface area (Å²) in [6.07, 6.45) is -1.48. The largest absolute Gasteiger partial charge is 0.511 e. The van der Waals surface area contributed by atoms with Gasteiger partial charge < -0.3 is 19.1 Å². The average molecular weight is 535 g/mol. The van der Waals surface area contributed by atoms with Crippen LogP contribution >= 0.6 is 31.9 Å². The van der Waals surface area contributed by atoms with Gasteiger partial charge in [0.1, 0.15) is 10.8 Å². The number of alkyl halides is 2. The van der Waals surface area contributed by atoms with Gasteiger partial charge >= 0.3 is 12.1 Å². The van der Waals surface area contributed by atoms with Crippen molar-refractivity contribution in [1.82, 2.24) is 4.90 Å². The zero-order valence-corrected chi connectivity index (χ0v) is 19.6. The summed E-state index contributed by atoms with van der Waals surface area (Å²) in [5.74, 6) is -3.34. The topological polar surface area (TPSA) is 116 Å². The lowest BCUT2D eigenvalue weighted by Crippen LogP contribution is -2.69. The van der Waals surface area contributed by atoms with Gasteiger partial charge in [-0.25, -0.2) is 18.0 Å². The quantitative estimate of drug-likeness (QED) is 0.233. The molecule has 12 heteroatoms. The van der Waals surface area contributed by atoms with E-state index in [0.29, 0.717) is 0 Å². The minimum absolute atomic E-state index is 0.437. The van der Waals surface area contributed by atoms with E-state index in [1.54, 1.807) is 13.8 Å². The number of ether oxygens (including phenoxy) is 3. The fraction of sp³-hybridized carbons (Fsp3) is 0.800. The Balaban J connectivity index is 2.26. The first-order valence-corrected chi connectivity index (χ1v) is 11.2. The molecule has 0 N–H and O–H groups in total. The second kappa shape index (κ2) is 6.58. The first-order valence-electron chi connectivity index (χ1n) is 8.03. The average Bonchev–Trinajstić information content (AvgIpc) is 2.58. The van der Waals surface area contributed by atoms with Gasteiger partial charge in [0.25, 0.3) is 11.7 Å². The van der Waals surface area contributed by atoms with Gasteiger partial charge in [-0.2, -0.15) is 0 Å². The van der Waals surface area contributed by atoms with Gasteiger partial charge in [0.05, 0.1) is 6.10 Å². The number of sulfone groups is 1. The van der Waals surface area contributed by atoms with E-state index in [4.69, 9.17) is 14.2 Å². The number of fused-ring (bicyclic) bond motifs is 1. The Labute approximate surface area is 174 Å². The molecular formula is C15H21Br2NO8S. The van der Waals surface area contributed by atoms with Crippen molar-refractivity contribution in [1.29, 1.82) is 0 Å². The van der Waals surface area contributed by atoms with E-state index in [9.17, 15) is 22.8 Å². The Hall–Kier alpha value is -0.880. The predicted octanol–water partition coefficient (Wildman–Crippen LogP) is 2.06. The maximum Gasteiger partial charge on any atom is 0.511 e. The first kappa shape index (κ1) is 22.4. The highest BCUT2D eigenvalue weighted by Gasteiger charge is 2.77. The van der Waals surface area contributed by atoms with Crippen LogP contribution < -0.4 is 0 Å². The molecule has 2 heterocycles. The summed E-state index contributed by atoms with van der Waals surface area (Å²) in [5.41, 5.74) is 0. The number of rotatable bonds is 4. The number of carbonyl (C=O) groups is 3. The first-order chi connectivity index (χ1) is 12.0. The number of hydrogen-bond donors (Lipinski definition) is 0. The monoisotopic (exact) mass is 533 g/mol. The molecule has 9 nitrogen and oxygen atoms in total. The number of esters is 1. The highest BCUT2D eigenvalue weighted by Crippen LogP contribution is 2.56. The van der Waals surface area contributed by atoms with Crippen molar-refractivity contribution in [3.8, 4) is 0 Å². The number of halogens is 2. The molecule has 2 rings (SSSR count). The lowest BCUT2D eigenvalue weighted by atomic mass is 9.98. The van der Waals surface area contributed by atoms with Crippen LogP contribution in [0.5, 0.6) is 0 Å². The zero-order valence-electron chi connectivity index (χ0n) is 15.6. The van der Waals surface area contributed by atoms with Crippen LogP contribution in [0.4, 0.5) is 4.79 Å². The van der Waals surface area contributed by atoms with Crippen LogP contribution in [0.15, 0.2) is 0 Å². The Bertz CT molecular complexity index is 790. The third kappa shape index (κ3) is 3.48. The van der Waals surface area contributed by atoms with Crippen molar-refractivity contribution < 1.29 is 37.0 Å². The van der Waals surface area contributed by atoms with E-state index >= 15 is 0 Å². The summed E-state index contributed by atoms with van der Waals surface area (Å²) in [6, 6.07) is -1.40. The van der Waals surface area contributed by atoms with Crippen LogP contribution in [0.3, 0.4) is 0 Å². The standard InChI is InChI=1S/C15H21Br2NO8S/c1-7(2)24-12(21)26-14(5,6)25-9(19)8-13(3,4)27(22,23)11-15(16,17)10(20)18(8)11/h7-8,11H,1-6H3/t8-,11+/m0/s1. The molecular weight excluding hydrogens is 514 g/mol. The van der Waals surface area contributed by atoms with E-state index in [1.807, 2.05) is 0 Å². The number of amides is 1. The molecule has 0 unspecified atom stereocenters. The molecule has 2 aliphatic rings. The Kier molecular flexibility index (Phi) is 5.46. The Morgan fingerprint density at radius 2 is 1.70 bits per heavy atom. The molecule has 0 radical (unpaired) electrons. The molecule has 1 amide bonds. The fourth-order valence-electron chi connectivity index (χ4n) is 3.00. The molecule has 0 spiro atoms. The summed E-state index contributed by atoms with van der Waals surface area (Å²) in [5, 5.41) is -1.26. The molecule has 0 aromatic heterocycles. The Morgan fingerprint density at radius 3 is 2.19 bits per heavy atom. The van der Waals surface area contributed by atoms with Crippen molar-refractivity contribution in [2.75, 3.05) is 0 Å². The second-order valence-electron chi connectivity index (χ2n) is 7.58. The second-order valence-corrected chi connectivity index (χ2v) is 13.7. The van der Waals surface area contributed by atoms with Gasteiger partial charge in [0.15, 0.2) is 18.4 Å². The third-order valence-corrected chi connectivity index (χ3v) is 9.29. The van der Waals surface area contributed by atoms with Crippen molar-refractivity contribution in [3.05, 3.63) is 0 Å². The Morgan fingerprint density at radius 1 is 1.19 bits per heavy atom. The molecule has 154 valence electrons. The molecule has 2 saturated heterocycles. The van der Waals surface area contributed by atoms with Crippen LogP contribution in [0.25, 0.3) is 0 Å². The number of β-lactam (4-membered cyclic amide) rings is 1. The van der Waals surface area contributed by atoms with Crippen LogP contribution in [0.2, 0.25) is 0 Å². The van der Waals surface area contributed by atoms with E-state index < -0.39 is 59.2 Å². The van der Waals surface area contributed by atoms with Crippen LogP contribution in [0, 0.1) is 0 Å². The molecule has 0 saturated carbocycles. The highest BCUT2D eigenvalue weighted by atomic mass is 79.9. The van der Waals surface area contributed by atoms with E-state index in [1.165, 1.54) is 27.7 Å². The molecule has 0 bridgehead atoms. The fourth-order valence-corrected chi connectivity index (χ4v) is 7.43. The third-order valence-electron chi connectivity index (χ3n) is 4.28. The molecule has 27 heavy (non-hydrogen) atoms. The molecule has 0 aromatic carbocycles. The van der Waals surface area contributed by atoms with E-state index in [-0.39, 0.29) is 0 Å². The van der Waals surface area contributed by atoms with E-state index in [2.05, 4.69) is 31.9 Å². The summed E-state index contributed by atoms with van der Waals surface area (Å²) in [7, 11) is -3.92. The summed E-state index contributed by atoms with van der Waals surface area (Å²) in [6.45, 7) is 8.53. The van der Waals surface area contributed by atoms with Crippen molar-refractivity contribution >= 4 is 59.7 Å². The lowest BCUT2D eigenvalue weighted by molar-refractivity contribution is -0.209. The van der Waals surface area contributed by atoms with Gasteiger partial charge in [-0.1, -0.05) is 31.9 Å². The van der Waals surface area contributed by atoms with Crippen LogP contribution in [0.1, 0.15) is 41.5 Å². The van der Waals surface area contributed by atoms with Crippen molar-refractivity contribution in [2.45, 2.75) is 72.8 Å². The number of carbonyl (C=O) groups excluding carboxylic acids is 3. The van der Waals surface area contributed by atoms with Gasteiger partial charge in [-0.05, 0) is 27.7 Å². The van der Waals surface area contributed by atoms with Crippen LogP contribution in [-0.4, -0.2) is 62.6 Å². The van der Waals surface area contributed by atoms with Crippen LogP contribution in [-0.2, 0) is 33.6 Å². The molecule has 2 aliphatic heterocycles. The maximum atomic E-state index is 12.8. The molecule has 2 atom stereocenters. The maximum absolute atomic E-state index is 12.8. The lowest BCUT2D eigenvalue weighted by Gasteiger charge is -2.45. The summed E-state index contributed by atoms with van der Waals surface area (Å²) < 4.78 is 37.6. The normalized spacial score (nSPS) is 27.6. The smallest absolute Gasteiger partial charge is 0.431 e. The summed E-state index contributed by atoms with van der Waals surface area (Å²) >= 11 is 6.13. The minimum atomic E-state index is -3.92. The highest BCUT2D eigenvalue weighted by molar-refractivity contribution is 9.26. The minimum Gasteiger partial charge on any atom is -0.431 e. The van der Waals surface area contributed by atoms with Crippen molar-refractivity contribution in [3.63, 3.8) is 0 Å². The summed E-state index contributed by atoms with van der Waals surface area (Å²) in [4.78, 5) is 37.8. The van der Waals surface area contributed by atoms with Gasteiger partial charge in [-0.3, -0.25) is 4.79 Å². The van der Waals surface area contributed by atoms with Gasteiger partial charge in [0, 0.05) is 13.8 Å². The van der Waals surface area contributed by atoms with Crippen molar-refractivity contribution in [2.24, 2.45) is 0 Å². The van der Waals surface area contributed by atoms with Gasteiger partial charge in [-0.15, -0.1) is 0 Å². The number of nitrogens with zero attached hydrogens (tertiary/aromatic N) is 1. The van der Waals surface area contributed by atoms with Gasteiger partial charge in [0.2, 0.25) is 0 Å². The molecule has 2 fully saturated rings. The van der Waals surface area contributed by atoms with E-state index in [0.717, 1.165) is 4.90 Å². The molecule has 0 aromatic rings. The predicted molar refractivity (Wildman–Crippen MR) is 101 cm³/mol.